The van der Waals surface area contributed by atoms with E-state index in [0.717, 1.165) is 5.82 Å². The van der Waals surface area contributed by atoms with Crippen molar-refractivity contribution in [1.82, 2.24) is 14.8 Å². The van der Waals surface area contributed by atoms with Gasteiger partial charge in [0.2, 0.25) is 0 Å². The van der Waals surface area contributed by atoms with Gasteiger partial charge in [0.1, 0.15) is 12.2 Å². The Kier molecular flexibility index (Phi) is 0.817. The molecular weight excluding hydrogens is 90.1 g/mol. The second-order valence-corrected chi connectivity index (χ2v) is 1.43. The molecule has 1 heterocycles. The number of aryl methyl sites for hydroxylation is 2. The number of aromatic nitrogens is 3. The van der Waals surface area contributed by atoms with Gasteiger partial charge < -0.3 is 0 Å². The maximum atomic E-state index is 3.87. The van der Waals surface area contributed by atoms with E-state index in [1.807, 2.05) is 14.0 Å². The predicted octanol–water partition coefficient (Wildman–Crippen LogP) is 0.124. The summed E-state index contributed by atoms with van der Waals surface area (Å²) in [4.78, 5) is 3.87. The normalized spacial score (nSPS) is 9.43. The fourth-order valence-corrected chi connectivity index (χ4v) is 0.354. The molecule has 0 radical (unpaired) electrons. The molecule has 1 aromatic heterocycles. The first-order chi connectivity index (χ1) is 3.30. The molecule has 0 fully saturated rings. The molecule has 0 bridgehead atoms. The zero-order valence-corrected chi connectivity index (χ0v) is 4.42. The average molecular weight is 97.1 g/mol. The Labute approximate surface area is 42.0 Å². The van der Waals surface area contributed by atoms with Crippen LogP contribution >= 0.6 is 0 Å². The Morgan fingerprint density at radius 3 is 2.57 bits per heavy atom. The van der Waals surface area contributed by atoms with Crippen molar-refractivity contribution in [3.63, 3.8) is 0 Å². The van der Waals surface area contributed by atoms with Crippen molar-refractivity contribution in [2.45, 2.75) is 6.92 Å². The van der Waals surface area contributed by atoms with E-state index >= 15 is 0 Å². The lowest BCUT2D eigenvalue weighted by molar-refractivity contribution is 0.734. The third-order valence-electron chi connectivity index (χ3n) is 0.938. The number of hydrogen-bond donors (Lipinski definition) is 0. The quantitative estimate of drug-likeness (QED) is 0.460. The van der Waals surface area contributed by atoms with Gasteiger partial charge in [-0.05, 0) is 6.92 Å². The molecule has 1 rings (SSSR count). The smallest absolute Gasteiger partial charge is 0.138 e. The van der Waals surface area contributed by atoms with E-state index in [-0.39, 0.29) is 0 Å². The second kappa shape index (κ2) is 1.33. The summed E-state index contributed by atoms with van der Waals surface area (Å²) in [5.74, 6) is 0.944. The van der Waals surface area contributed by atoms with Gasteiger partial charge in [-0.15, -0.1) is 0 Å². The molecule has 3 nitrogen and oxygen atoms in total. The molecule has 0 amide bonds. The van der Waals surface area contributed by atoms with Crippen LogP contribution < -0.4 is 0 Å². The Hall–Kier alpha value is -0.860. The van der Waals surface area contributed by atoms with Crippen LogP contribution in [0, 0.1) is 6.92 Å². The van der Waals surface area contributed by atoms with E-state index in [1.165, 1.54) is 6.33 Å². The lowest BCUT2D eigenvalue weighted by Gasteiger charge is -1.84. The van der Waals surface area contributed by atoms with E-state index in [9.17, 15) is 0 Å². The maximum Gasteiger partial charge on any atom is 0.138 e. The fourth-order valence-electron chi connectivity index (χ4n) is 0.354. The van der Waals surface area contributed by atoms with E-state index in [4.69, 9.17) is 0 Å². The highest BCUT2D eigenvalue weighted by Gasteiger charge is 1.85. The Morgan fingerprint density at radius 1 is 1.71 bits per heavy atom. The van der Waals surface area contributed by atoms with Gasteiger partial charge in [-0.3, -0.25) is 4.68 Å². The summed E-state index contributed by atoms with van der Waals surface area (Å²) in [6.07, 6.45) is 1.54. The van der Waals surface area contributed by atoms with Gasteiger partial charge in [-0.25, -0.2) is 4.98 Å². The minimum absolute atomic E-state index is 0.944. The summed E-state index contributed by atoms with van der Waals surface area (Å²) in [6.45, 7) is 1.91. The van der Waals surface area contributed by atoms with Crippen LogP contribution in [0.4, 0.5) is 0 Å². The van der Waals surface area contributed by atoms with Gasteiger partial charge in [0.05, 0.1) is 0 Å². The Morgan fingerprint density at radius 2 is 2.43 bits per heavy atom. The van der Waals surface area contributed by atoms with Crippen LogP contribution in [0.25, 0.3) is 0 Å². The lowest BCUT2D eigenvalue weighted by atomic mass is 10.7. The molecule has 7 heavy (non-hydrogen) atoms. The third-order valence-corrected chi connectivity index (χ3v) is 0.938. The van der Waals surface area contributed by atoms with Crippen molar-refractivity contribution in [1.29, 1.82) is 0 Å². The molecule has 3 heteroatoms. The van der Waals surface area contributed by atoms with E-state index in [1.54, 1.807) is 4.68 Å². The van der Waals surface area contributed by atoms with Gasteiger partial charge in [0.15, 0.2) is 0 Å². The topological polar surface area (TPSA) is 30.7 Å². The number of hydrogen-bond acceptors (Lipinski definition) is 2. The molecule has 0 aliphatic rings. The summed E-state index contributed by atoms with van der Waals surface area (Å²) >= 11 is 0. The molecule has 0 aromatic carbocycles. The Balaban J connectivity index is 3.12. The third kappa shape index (κ3) is 0.607. The molecule has 1 aromatic rings. The Bertz CT molecular complexity index is 139. The SMILES string of the molecule is Cc1ncnn1C. The van der Waals surface area contributed by atoms with Crippen LogP contribution in [0.1, 0.15) is 5.82 Å². The van der Waals surface area contributed by atoms with Crippen LogP contribution in [0.15, 0.2) is 6.33 Å². The highest BCUT2D eigenvalue weighted by Crippen LogP contribution is 1.81. The van der Waals surface area contributed by atoms with Gasteiger partial charge >= 0.3 is 0 Å². The summed E-state index contributed by atoms with van der Waals surface area (Å²) in [7, 11) is 1.86. The molecule has 0 aliphatic heterocycles. The van der Waals surface area contributed by atoms with E-state index < -0.39 is 0 Å². The summed E-state index contributed by atoms with van der Waals surface area (Å²) in [5.41, 5.74) is 0. The summed E-state index contributed by atoms with van der Waals surface area (Å²) in [5, 5.41) is 3.82. The molecule has 38 valence electrons. The second-order valence-electron chi connectivity index (χ2n) is 1.43. The maximum absolute atomic E-state index is 3.87. The van der Waals surface area contributed by atoms with Crippen molar-refractivity contribution in [3.05, 3.63) is 12.2 Å². The van der Waals surface area contributed by atoms with Crippen LogP contribution in [-0.2, 0) is 7.05 Å². The van der Waals surface area contributed by atoms with Crippen LogP contribution in [0.3, 0.4) is 0 Å². The zero-order valence-electron chi connectivity index (χ0n) is 4.42. The highest BCUT2D eigenvalue weighted by molar-refractivity contribution is 4.75. The average Bonchev–Trinajstić information content (AvgIpc) is 1.91. The van der Waals surface area contributed by atoms with Crippen LogP contribution in [-0.4, -0.2) is 14.8 Å². The monoisotopic (exact) mass is 97.1 g/mol. The predicted molar refractivity (Wildman–Crippen MR) is 25.7 cm³/mol. The van der Waals surface area contributed by atoms with Crippen molar-refractivity contribution in [2.24, 2.45) is 7.05 Å². The van der Waals surface area contributed by atoms with Gasteiger partial charge in [-0.1, -0.05) is 0 Å². The first kappa shape index (κ1) is 4.30. The van der Waals surface area contributed by atoms with Gasteiger partial charge in [-0.2, -0.15) is 5.10 Å². The first-order valence-corrected chi connectivity index (χ1v) is 2.11. The zero-order chi connectivity index (χ0) is 5.28. The lowest BCUT2D eigenvalue weighted by Crippen LogP contribution is -1.91. The molecule has 0 N–H and O–H groups in total. The largest absolute Gasteiger partial charge is 0.253 e. The summed E-state index contributed by atoms with van der Waals surface area (Å²) in [6, 6.07) is 0. The molecule has 0 aliphatic carbocycles. The van der Waals surface area contributed by atoms with Crippen LogP contribution in [0.2, 0.25) is 0 Å². The van der Waals surface area contributed by atoms with Gasteiger partial charge in [0, 0.05) is 7.05 Å². The van der Waals surface area contributed by atoms with Gasteiger partial charge in [0.25, 0.3) is 0 Å². The molecule has 0 saturated heterocycles. The standard InChI is InChI=1S/C4H7N3/c1-4-5-3-6-7(4)2/h3H,1-2H3. The van der Waals surface area contributed by atoms with Crippen molar-refractivity contribution >= 4 is 0 Å². The molecule has 0 atom stereocenters. The summed E-state index contributed by atoms with van der Waals surface area (Å²) < 4.78 is 1.72. The molecule has 0 spiro atoms. The van der Waals surface area contributed by atoms with Crippen molar-refractivity contribution < 1.29 is 0 Å². The minimum atomic E-state index is 0.944. The fraction of sp³-hybridized carbons (Fsp3) is 0.500. The van der Waals surface area contributed by atoms with E-state index in [0.29, 0.717) is 0 Å². The minimum Gasteiger partial charge on any atom is -0.253 e. The molecular formula is C4H7N3. The number of nitrogens with zero attached hydrogens (tertiary/aromatic N) is 3. The van der Waals surface area contributed by atoms with Crippen LogP contribution in [0.5, 0.6) is 0 Å². The number of rotatable bonds is 0. The molecule has 0 unspecified atom stereocenters. The van der Waals surface area contributed by atoms with Crippen molar-refractivity contribution in [3.8, 4) is 0 Å². The van der Waals surface area contributed by atoms with Crippen molar-refractivity contribution in [2.75, 3.05) is 0 Å². The first-order valence-electron chi connectivity index (χ1n) is 2.11. The highest BCUT2D eigenvalue weighted by atomic mass is 15.3. The molecule has 0 saturated carbocycles. The van der Waals surface area contributed by atoms with E-state index in [2.05, 4.69) is 10.1 Å².